The van der Waals surface area contributed by atoms with Gasteiger partial charge in [0, 0.05) is 12.3 Å². The minimum atomic E-state index is -0.431. The van der Waals surface area contributed by atoms with Crippen molar-refractivity contribution in [1.29, 1.82) is 0 Å². The molecule has 1 unspecified atom stereocenters. The van der Waals surface area contributed by atoms with Gasteiger partial charge in [0.2, 0.25) is 0 Å². The van der Waals surface area contributed by atoms with E-state index in [1.807, 2.05) is 20.8 Å². The van der Waals surface area contributed by atoms with E-state index in [-0.39, 0.29) is 29.8 Å². The van der Waals surface area contributed by atoms with Crippen LogP contribution in [0, 0.1) is 17.7 Å². The average Bonchev–Trinajstić information content (AvgIpc) is 2.30. The van der Waals surface area contributed by atoms with Crippen LogP contribution in [0.15, 0.2) is 18.2 Å². The van der Waals surface area contributed by atoms with Crippen LogP contribution in [0.5, 0.6) is 5.75 Å². The Morgan fingerprint density at radius 3 is 2.53 bits per heavy atom. The van der Waals surface area contributed by atoms with Crippen molar-refractivity contribution in [2.45, 2.75) is 27.2 Å². The highest BCUT2D eigenvalue weighted by molar-refractivity contribution is 5.83. The first-order valence-corrected chi connectivity index (χ1v) is 5.81. The minimum Gasteiger partial charge on any atom is -0.494 e. The third kappa shape index (κ3) is 3.29. The topological polar surface area (TPSA) is 26.3 Å². The zero-order valence-electron chi connectivity index (χ0n) is 10.8. The summed E-state index contributed by atoms with van der Waals surface area (Å²) in [6.07, 6.45) is 0.127. The first-order valence-electron chi connectivity index (χ1n) is 5.81. The van der Waals surface area contributed by atoms with E-state index in [1.165, 1.54) is 7.11 Å². The lowest BCUT2D eigenvalue weighted by Crippen LogP contribution is -2.19. The Hall–Kier alpha value is -1.38. The third-order valence-electron chi connectivity index (χ3n) is 3.14. The third-order valence-corrected chi connectivity index (χ3v) is 3.14. The highest BCUT2D eigenvalue weighted by Crippen LogP contribution is 2.22. The first kappa shape index (κ1) is 13.7. The summed E-state index contributed by atoms with van der Waals surface area (Å²) in [5.74, 6) is 0.0377. The summed E-state index contributed by atoms with van der Waals surface area (Å²) in [6.45, 7) is 5.86. The number of halogens is 1. The first-order chi connectivity index (χ1) is 7.97. The van der Waals surface area contributed by atoms with Gasteiger partial charge in [-0.15, -0.1) is 0 Å². The Labute approximate surface area is 102 Å². The van der Waals surface area contributed by atoms with Crippen LogP contribution in [-0.4, -0.2) is 12.9 Å². The van der Waals surface area contributed by atoms with Gasteiger partial charge in [-0.25, -0.2) is 4.39 Å². The van der Waals surface area contributed by atoms with E-state index in [0.29, 0.717) is 5.56 Å². The number of carbonyl (C=O) groups is 1. The Kier molecular flexibility index (Phi) is 4.67. The fraction of sp³-hybridized carbons (Fsp3) is 0.500. The summed E-state index contributed by atoms with van der Waals surface area (Å²) in [7, 11) is 1.42. The largest absolute Gasteiger partial charge is 0.494 e. The van der Waals surface area contributed by atoms with Crippen LogP contribution in [0.3, 0.4) is 0 Å². The highest BCUT2D eigenvalue weighted by Gasteiger charge is 2.19. The molecule has 0 fully saturated rings. The lowest BCUT2D eigenvalue weighted by molar-refractivity contribution is -0.122. The Morgan fingerprint density at radius 2 is 2.00 bits per heavy atom. The molecule has 0 aliphatic rings. The fourth-order valence-corrected chi connectivity index (χ4v) is 1.57. The number of hydrogen-bond acceptors (Lipinski definition) is 2. The molecule has 0 amide bonds. The summed E-state index contributed by atoms with van der Waals surface area (Å²) in [6, 6.07) is 4.88. The quantitative estimate of drug-likeness (QED) is 0.787. The van der Waals surface area contributed by atoms with Gasteiger partial charge in [-0.05, 0) is 17.5 Å². The zero-order chi connectivity index (χ0) is 13.0. The summed E-state index contributed by atoms with van der Waals surface area (Å²) < 4.78 is 18.7. The second-order valence-corrected chi connectivity index (χ2v) is 4.61. The molecule has 94 valence electrons. The summed E-state index contributed by atoms with van der Waals surface area (Å²) in [5, 5.41) is 0. The molecule has 2 nitrogen and oxygen atoms in total. The molecule has 0 aliphatic heterocycles. The number of hydrogen-bond donors (Lipinski definition) is 0. The van der Waals surface area contributed by atoms with Gasteiger partial charge in [-0.3, -0.25) is 4.79 Å². The number of methoxy groups -OCH3 is 1. The van der Waals surface area contributed by atoms with Gasteiger partial charge in [-0.1, -0.05) is 32.9 Å². The van der Waals surface area contributed by atoms with E-state index < -0.39 is 5.82 Å². The Bertz CT molecular complexity index is 399. The van der Waals surface area contributed by atoms with Crippen molar-refractivity contribution >= 4 is 5.78 Å². The molecular formula is C14H19FO2. The van der Waals surface area contributed by atoms with E-state index in [9.17, 15) is 9.18 Å². The maximum atomic E-state index is 13.8. The summed E-state index contributed by atoms with van der Waals surface area (Å²) in [4.78, 5) is 11.9. The number of ether oxygens (including phenoxy) is 1. The normalized spacial score (nSPS) is 12.6. The fourth-order valence-electron chi connectivity index (χ4n) is 1.57. The smallest absolute Gasteiger partial charge is 0.168 e. The lowest BCUT2D eigenvalue weighted by atomic mass is 9.90. The van der Waals surface area contributed by atoms with Crippen LogP contribution in [0.4, 0.5) is 4.39 Å². The molecule has 1 atom stereocenters. The number of rotatable bonds is 5. The monoisotopic (exact) mass is 238 g/mol. The molecular weight excluding hydrogens is 219 g/mol. The molecule has 1 aromatic rings. The molecule has 3 heteroatoms. The predicted octanol–water partition coefficient (Wildman–Crippen LogP) is 3.24. The van der Waals surface area contributed by atoms with Crippen LogP contribution in [0.25, 0.3) is 0 Å². The SMILES string of the molecule is COc1cccc(CC(=O)C(C)C(C)C)c1F. The van der Waals surface area contributed by atoms with Crippen LogP contribution in [-0.2, 0) is 11.2 Å². The van der Waals surface area contributed by atoms with Gasteiger partial charge < -0.3 is 4.74 Å². The zero-order valence-corrected chi connectivity index (χ0v) is 10.8. The molecule has 0 saturated carbocycles. The molecule has 0 spiro atoms. The summed E-state index contributed by atoms with van der Waals surface area (Å²) >= 11 is 0. The maximum absolute atomic E-state index is 13.8. The molecule has 1 rings (SSSR count). The van der Waals surface area contributed by atoms with Crippen LogP contribution in [0.2, 0.25) is 0 Å². The molecule has 0 radical (unpaired) electrons. The second kappa shape index (κ2) is 5.80. The molecule has 1 aromatic carbocycles. The van der Waals surface area contributed by atoms with Crippen LogP contribution < -0.4 is 4.74 Å². The van der Waals surface area contributed by atoms with Crippen molar-refractivity contribution in [3.8, 4) is 5.75 Å². The Morgan fingerprint density at radius 1 is 1.35 bits per heavy atom. The minimum absolute atomic E-state index is 0.0550. The summed E-state index contributed by atoms with van der Waals surface area (Å²) in [5.41, 5.74) is 0.404. The number of ketones is 1. The molecule has 0 N–H and O–H groups in total. The number of benzene rings is 1. The van der Waals surface area contributed by atoms with Gasteiger partial charge in [0.25, 0.3) is 0 Å². The van der Waals surface area contributed by atoms with Crippen molar-refractivity contribution < 1.29 is 13.9 Å². The maximum Gasteiger partial charge on any atom is 0.168 e. The van der Waals surface area contributed by atoms with Gasteiger partial charge >= 0.3 is 0 Å². The number of Topliss-reactive ketones (excluding diaryl/α,β-unsaturated/α-hetero) is 1. The molecule has 0 bridgehead atoms. The van der Waals surface area contributed by atoms with E-state index in [1.54, 1.807) is 18.2 Å². The predicted molar refractivity (Wildman–Crippen MR) is 65.7 cm³/mol. The van der Waals surface area contributed by atoms with Crippen molar-refractivity contribution in [3.63, 3.8) is 0 Å². The second-order valence-electron chi connectivity index (χ2n) is 4.61. The van der Waals surface area contributed by atoms with Crippen molar-refractivity contribution in [3.05, 3.63) is 29.6 Å². The molecule has 0 aromatic heterocycles. The van der Waals surface area contributed by atoms with Gasteiger partial charge in [0.15, 0.2) is 11.6 Å². The van der Waals surface area contributed by atoms with E-state index >= 15 is 0 Å². The van der Waals surface area contributed by atoms with Crippen LogP contribution in [0.1, 0.15) is 26.3 Å². The van der Waals surface area contributed by atoms with E-state index in [4.69, 9.17) is 4.74 Å². The van der Waals surface area contributed by atoms with Crippen molar-refractivity contribution in [2.24, 2.45) is 11.8 Å². The number of carbonyl (C=O) groups excluding carboxylic acids is 1. The Balaban J connectivity index is 2.85. The molecule has 0 heterocycles. The van der Waals surface area contributed by atoms with Gasteiger partial charge in [0.05, 0.1) is 7.11 Å². The van der Waals surface area contributed by atoms with Gasteiger partial charge in [-0.2, -0.15) is 0 Å². The molecule has 17 heavy (non-hydrogen) atoms. The van der Waals surface area contributed by atoms with Crippen LogP contribution >= 0.6 is 0 Å². The van der Waals surface area contributed by atoms with Crippen molar-refractivity contribution in [1.82, 2.24) is 0 Å². The molecule has 0 saturated heterocycles. The van der Waals surface area contributed by atoms with Gasteiger partial charge in [0.1, 0.15) is 5.78 Å². The van der Waals surface area contributed by atoms with E-state index in [0.717, 1.165) is 0 Å². The standard InChI is InChI=1S/C14H19FO2/c1-9(2)10(3)12(16)8-11-6-5-7-13(17-4)14(11)15/h5-7,9-10H,8H2,1-4H3. The van der Waals surface area contributed by atoms with E-state index in [2.05, 4.69) is 0 Å². The lowest BCUT2D eigenvalue weighted by Gasteiger charge is -2.14. The van der Waals surface area contributed by atoms with Crippen molar-refractivity contribution in [2.75, 3.05) is 7.11 Å². The average molecular weight is 238 g/mol. The highest BCUT2D eigenvalue weighted by atomic mass is 19.1. The molecule has 0 aliphatic carbocycles.